The van der Waals surface area contributed by atoms with Crippen LogP contribution in [-0.2, 0) is 51.4 Å². The predicted molar refractivity (Wildman–Crippen MR) is 545 cm³/mol. The van der Waals surface area contributed by atoms with Gasteiger partial charge in [0.25, 0.3) is 20.2 Å². The smallest absolute Gasteiger partial charge is 0.394 e. The van der Waals surface area contributed by atoms with E-state index in [-0.39, 0.29) is 85.0 Å². The third-order valence-electron chi connectivity index (χ3n) is 18.5. The number of thioether (sulfide) groups is 1. The molecular formula is C78H140Cl3N11O44S7. The molecule has 0 radical (unpaired) electrons. The zero-order chi connectivity index (χ0) is 109. The Morgan fingerprint density at radius 3 is 0.944 bits per heavy atom. The number of aryl methyl sites for hydroxylation is 1. The summed E-state index contributed by atoms with van der Waals surface area (Å²) in [5.41, 5.74) is 36.8. The fourth-order valence-corrected chi connectivity index (χ4v) is 13.0. The molecule has 0 spiro atoms. The first-order valence-corrected chi connectivity index (χ1v) is 49.0. The molecule has 0 saturated heterocycles. The molecule has 55 nitrogen and oxygen atoms in total. The summed E-state index contributed by atoms with van der Waals surface area (Å²) in [7, 11) is -17.5. The van der Waals surface area contributed by atoms with Gasteiger partial charge >= 0.3 is 31.2 Å². The minimum absolute atomic E-state index is 0. The van der Waals surface area contributed by atoms with Gasteiger partial charge in [-0.1, -0.05) is 31.2 Å². The number of thiol groups is 1. The maximum absolute atomic E-state index is 11.2. The SMILES string of the molecule is CCCOc1cc(NCC(O)C(O)C(O)C(O)CO)ccc1N.CN(C)c1cc(NCC(O)C(O)C(O)C(O)CO)ccc1N.CSc1cc(NCC(O)C(O)C(O)C(O)CO)ccc1N.Cc1cc(N(C)CC(O)C(O)C(O)C(O)CO)ccc1N.Cl.Cl.Cl.Nc1ccc(NCC(O)C(O)C(O)C(O)CO)cc1S.O=S(=O)(O)O.O=S(=O)(O)O.O=S(=O)(O)O.O=S(=O)(O)c1cccc2c(S(=O)(=O)O)cccc12.[HH].[HH].[HH]. The van der Waals surface area contributed by atoms with Gasteiger partial charge in [0.2, 0.25) is 0 Å². The molecule has 0 fully saturated rings. The molecule has 0 heterocycles. The topological polar surface area (TPSA) is 1030 Å². The number of aliphatic hydroxyl groups excluding tert-OH is 25. The predicted octanol–water partition coefficient (Wildman–Crippen LogP) is -5.84. The van der Waals surface area contributed by atoms with Gasteiger partial charge in [-0.3, -0.25) is 36.4 Å². The Morgan fingerprint density at radius 1 is 0.371 bits per heavy atom. The summed E-state index contributed by atoms with van der Waals surface area (Å²) in [6, 6.07) is 33.3. The Hall–Kier alpha value is -7.60. The average molecular weight is 2270 g/mol. The maximum Gasteiger partial charge on any atom is 0.394 e. The minimum atomic E-state index is -4.67. The number of rotatable bonds is 42. The van der Waals surface area contributed by atoms with Crippen molar-refractivity contribution in [2.45, 2.75) is 162 Å². The largest absolute Gasteiger partial charge is 0.491 e. The molecule has 7 aromatic carbocycles. The van der Waals surface area contributed by atoms with Gasteiger partial charge < -0.3 is 192 Å². The Labute approximate surface area is 856 Å². The molecule has 20 atom stereocenters. The van der Waals surface area contributed by atoms with Crippen LogP contribution in [0.4, 0.5) is 62.6 Å². The van der Waals surface area contributed by atoms with Crippen molar-refractivity contribution in [1.29, 1.82) is 0 Å². The van der Waals surface area contributed by atoms with Gasteiger partial charge in [0.1, 0.15) is 107 Å². The molecule has 143 heavy (non-hydrogen) atoms. The van der Waals surface area contributed by atoms with Gasteiger partial charge in [-0.25, -0.2) is 0 Å². The van der Waals surface area contributed by atoms with Gasteiger partial charge in [0.15, 0.2) is 0 Å². The second kappa shape index (κ2) is 70.3. The zero-order valence-corrected chi connectivity index (χ0v) is 85.1. The maximum atomic E-state index is 11.2. The number of benzene rings is 7. The number of fused-ring (bicyclic) bond motifs is 1. The van der Waals surface area contributed by atoms with Crippen LogP contribution in [0, 0.1) is 6.92 Å². The lowest BCUT2D eigenvalue weighted by Crippen LogP contribution is -2.49. The summed E-state index contributed by atoms with van der Waals surface area (Å²) in [6.45, 7) is 0.658. The Morgan fingerprint density at radius 2 is 0.650 bits per heavy atom. The van der Waals surface area contributed by atoms with E-state index in [2.05, 4.69) is 33.9 Å². The van der Waals surface area contributed by atoms with Crippen molar-refractivity contribution in [2.24, 2.45) is 0 Å². The standard InChI is InChI=1S/C15H26N2O6.C14H25N3O5.C14H24N2O5.C13H22N2O5S.C12H20N2O5S.C10H8O6S2.3ClH.3H2O4S.3H2/c1-2-5-23-13-6-9(3-4-10(13)16)17-7-11(19)14(21)15(22)12(20)8-18;1-17(2)10-5-8(3-4-9(10)15)16-6-11(19)13(21)14(22)12(20)7-18;1-8-5-9(3-4-10(8)15)16(2)6-11(18)13(20)14(21)12(19)7-17;1-21-11-4-7(2-3-8(11)14)15-5-9(17)12(19)13(20)10(18)6-16;13-7-2-1-6(3-10(7)20)14-4-8(16)11(18)12(19)9(17)5-15;11-17(12,13)9-5-1-3-7-8(9)4-2-6-10(7)18(14,15)16;;;;3*1-5(2,3)4;;;/h3-4,6,11-12,14-15,17-22H,2,5,7-8,16H2,1H3;3-5,11-14,16,18-22H,6-7,15H2,1-2H3;3-5,11-14,17-21H,6-7,15H2,1-2H3;2-4,9-10,12-13,15-20H,5-6,14H2,1H3;1-3,8-9,11-12,14-20H,4-5,13H2;1-6H,(H,11,12,13)(H,14,15,16);3*1H;3*(H2,1,2,3,4);3*1H. The van der Waals surface area contributed by atoms with Crippen LogP contribution in [0.1, 0.15) is 23.2 Å². The third kappa shape index (κ3) is 58.1. The van der Waals surface area contributed by atoms with E-state index in [0.29, 0.717) is 68.4 Å². The van der Waals surface area contributed by atoms with Crippen LogP contribution in [0.5, 0.6) is 5.75 Å². The molecule has 0 aliphatic carbocycles. The Bertz CT molecular complexity index is 5240. The molecule has 0 aromatic heterocycles. The fourth-order valence-electron chi connectivity index (χ4n) is 10.8. The number of nitrogens with two attached hydrogens (primary N) is 5. The highest BCUT2D eigenvalue weighted by molar-refractivity contribution is 7.98. The normalized spacial score (nSPS) is 15.5. The first-order valence-electron chi connectivity index (χ1n) is 40.3. The summed E-state index contributed by atoms with van der Waals surface area (Å²) in [4.78, 5) is 4.16. The summed E-state index contributed by atoms with van der Waals surface area (Å²) >= 11 is 5.63. The van der Waals surface area contributed by atoms with Crippen LogP contribution in [0.25, 0.3) is 10.8 Å². The van der Waals surface area contributed by atoms with Gasteiger partial charge in [-0.15, -0.1) is 61.6 Å². The first-order chi connectivity index (χ1) is 64.4. The monoisotopic (exact) mass is 2260 g/mol. The van der Waals surface area contributed by atoms with Crippen molar-refractivity contribution >= 4 is 186 Å². The van der Waals surface area contributed by atoms with Crippen molar-refractivity contribution in [1.82, 2.24) is 0 Å². The Balaban J connectivity index is -0.000000251. The molecule has 0 saturated carbocycles. The van der Waals surface area contributed by atoms with E-state index in [9.17, 15) is 119 Å². The third-order valence-corrected chi connectivity index (χ3v) is 21.5. The molecule has 20 unspecified atom stereocenters. The van der Waals surface area contributed by atoms with E-state index in [1.807, 2.05) is 45.2 Å². The molecule has 0 bridgehead atoms. The lowest BCUT2D eigenvalue weighted by molar-refractivity contribution is -0.112. The molecule has 7 aromatic rings. The van der Waals surface area contributed by atoms with E-state index >= 15 is 0 Å². The lowest BCUT2D eigenvalue weighted by atomic mass is 10.0. The molecular weight excluding hydrogens is 2130 g/mol. The van der Waals surface area contributed by atoms with Crippen LogP contribution in [-0.4, -0.2) is 428 Å². The van der Waals surface area contributed by atoms with E-state index in [1.165, 1.54) is 36.0 Å². The van der Waals surface area contributed by atoms with Crippen LogP contribution in [0.3, 0.4) is 0 Å². The zero-order valence-electron chi connectivity index (χ0n) is 76.8. The number of nitrogen functional groups attached to an aromatic ring is 5. The van der Waals surface area contributed by atoms with Crippen molar-refractivity contribution < 1.29 is 215 Å². The van der Waals surface area contributed by atoms with Gasteiger partial charge in [-0.2, -0.15) is 42.1 Å². The fraction of sp³-hybridized carbons (Fsp3) is 0.487. The number of ether oxygens (including phenoxy) is 1. The van der Waals surface area contributed by atoms with Crippen LogP contribution < -0.4 is 64.5 Å². The van der Waals surface area contributed by atoms with E-state index in [0.717, 1.165) is 40.4 Å². The number of nitrogens with one attached hydrogen (secondary N) is 4. The summed E-state index contributed by atoms with van der Waals surface area (Å²) in [6.07, 6.45) is -27.5. The van der Waals surface area contributed by atoms with Gasteiger partial charge in [0, 0.05) is 130 Å². The van der Waals surface area contributed by atoms with Crippen LogP contribution in [0.2, 0.25) is 0 Å². The lowest BCUT2D eigenvalue weighted by Gasteiger charge is -2.29. The number of nitrogens with zero attached hydrogens (tertiary/aromatic N) is 2. The van der Waals surface area contributed by atoms with E-state index in [1.54, 1.807) is 96.9 Å². The van der Waals surface area contributed by atoms with Crippen molar-refractivity contribution in [3.63, 3.8) is 0 Å². The first kappa shape index (κ1) is 144. The highest BCUT2D eigenvalue weighted by Crippen LogP contribution is 2.32. The Kier molecular flexibility index (Phi) is 70.7. The molecule has 47 N–H and O–H groups in total. The number of hydrogen-bond acceptors (Lipinski definition) is 49. The quantitative estimate of drug-likeness (QED) is 0.00733. The van der Waals surface area contributed by atoms with Crippen LogP contribution in [0.15, 0.2) is 147 Å². The molecule has 0 aliphatic rings. The summed E-state index contributed by atoms with van der Waals surface area (Å²) < 4.78 is 163. The van der Waals surface area contributed by atoms with Crippen molar-refractivity contribution in [2.75, 3.05) is 159 Å². The van der Waals surface area contributed by atoms with Crippen LogP contribution >= 0.6 is 61.6 Å². The molecule has 65 heteroatoms. The van der Waals surface area contributed by atoms with E-state index in [4.69, 9.17) is 121 Å². The van der Waals surface area contributed by atoms with Crippen molar-refractivity contribution in [3.8, 4) is 5.75 Å². The number of likely N-dealkylation sites (N-methyl/N-ethyl adjacent to an activating group) is 1. The molecule has 0 amide bonds. The highest BCUT2D eigenvalue weighted by atomic mass is 35.5. The number of hydrogen-bond donors (Lipinski definition) is 43. The molecule has 7 rings (SSSR count). The van der Waals surface area contributed by atoms with Gasteiger partial charge in [0.05, 0.1) is 87.2 Å². The number of aliphatic hydroxyl groups is 25. The second-order valence-electron chi connectivity index (χ2n) is 29.8. The van der Waals surface area contributed by atoms with E-state index < -0.39 is 216 Å². The minimum Gasteiger partial charge on any atom is -0.491 e. The summed E-state index contributed by atoms with van der Waals surface area (Å²) in [5, 5.41) is 246. The molecule has 0 aliphatic heterocycles. The number of anilines is 11. The second-order valence-corrected chi connectivity index (χ2v) is 36.6. The average Bonchev–Trinajstić information content (AvgIpc) is 0.767. The highest BCUT2D eigenvalue weighted by Gasteiger charge is 2.35. The van der Waals surface area contributed by atoms with Crippen molar-refractivity contribution in [3.05, 3.63) is 133 Å². The summed E-state index contributed by atoms with van der Waals surface area (Å²) in [5.74, 6) is 0.516. The van der Waals surface area contributed by atoms with Gasteiger partial charge in [-0.05, 0) is 122 Å². The number of halogens is 3. The molecule has 834 valence electrons.